The van der Waals surface area contributed by atoms with Gasteiger partial charge in [-0.1, -0.05) is 23.2 Å². The fraction of sp³-hybridized carbons (Fsp3) is 0.385. The molecule has 0 aliphatic heterocycles. The van der Waals surface area contributed by atoms with E-state index in [9.17, 15) is 18.0 Å². The van der Waals surface area contributed by atoms with Gasteiger partial charge in [0, 0.05) is 18.2 Å². The predicted octanol–water partition coefficient (Wildman–Crippen LogP) is 1.87. The molecular formula is C13H16Cl2N2O4S. The zero-order chi connectivity index (χ0) is 16.9. The maximum absolute atomic E-state index is 12.2. The quantitative estimate of drug-likeness (QED) is 0.803. The van der Waals surface area contributed by atoms with Crippen molar-refractivity contribution in [3.63, 3.8) is 0 Å². The number of sulfone groups is 1. The van der Waals surface area contributed by atoms with Gasteiger partial charge in [-0.2, -0.15) is 0 Å². The topological polar surface area (TPSA) is 92.3 Å². The lowest BCUT2D eigenvalue weighted by Crippen LogP contribution is -2.44. The fourth-order valence-electron chi connectivity index (χ4n) is 1.66. The summed E-state index contributed by atoms with van der Waals surface area (Å²) < 4.78 is 22.4. The van der Waals surface area contributed by atoms with E-state index in [1.54, 1.807) is 6.07 Å². The molecule has 0 heterocycles. The number of rotatable bonds is 6. The normalized spacial score (nSPS) is 12.5. The van der Waals surface area contributed by atoms with Gasteiger partial charge >= 0.3 is 0 Å². The van der Waals surface area contributed by atoms with Crippen LogP contribution in [-0.2, 0) is 19.4 Å². The Morgan fingerprint density at radius 1 is 1.27 bits per heavy atom. The highest BCUT2D eigenvalue weighted by molar-refractivity contribution is 7.90. The third-order valence-electron chi connectivity index (χ3n) is 2.66. The Morgan fingerprint density at radius 3 is 2.45 bits per heavy atom. The Morgan fingerprint density at radius 2 is 1.91 bits per heavy atom. The van der Waals surface area contributed by atoms with E-state index in [1.165, 1.54) is 19.1 Å². The average Bonchev–Trinajstić information content (AvgIpc) is 2.37. The Balaban J connectivity index is 2.86. The van der Waals surface area contributed by atoms with Crippen LogP contribution in [0, 0.1) is 0 Å². The van der Waals surface area contributed by atoms with Gasteiger partial charge in [-0.25, -0.2) is 8.42 Å². The predicted molar refractivity (Wildman–Crippen MR) is 87.0 cm³/mol. The summed E-state index contributed by atoms with van der Waals surface area (Å²) in [5, 5.41) is 5.60. The number of carbonyl (C=O) groups is 2. The number of anilines is 1. The van der Waals surface area contributed by atoms with Crippen LogP contribution < -0.4 is 10.6 Å². The second kappa shape index (κ2) is 7.80. The summed E-state index contributed by atoms with van der Waals surface area (Å²) >= 11 is 11.8. The van der Waals surface area contributed by atoms with Gasteiger partial charge in [-0.15, -0.1) is 0 Å². The minimum Gasteiger partial charge on any atom is -0.345 e. The number of amides is 2. The van der Waals surface area contributed by atoms with Crippen LogP contribution >= 0.6 is 23.2 Å². The van der Waals surface area contributed by atoms with E-state index >= 15 is 0 Å². The van der Waals surface area contributed by atoms with E-state index in [4.69, 9.17) is 23.2 Å². The van der Waals surface area contributed by atoms with Gasteiger partial charge in [0.1, 0.15) is 15.9 Å². The molecule has 0 bridgehead atoms. The first-order valence-electron chi connectivity index (χ1n) is 6.29. The van der Waals surface area contributed by atoms with Crippen LogP contribution in [0.1, 0.15) is 13.3 Å². The van der Waals surface area contributed by atoms with Crippen LogP contribution in [0.15, 0.2) is 18.2 Å². The van der Waals surface area contributed by atoms with Crippen LogP contribution in [0.25, 0.3) is 0 Å². The molecule has 2 amide bonds. The van der Waals surface area contributed by atoms with Crippen molar-refractivity contribution in [1.82, 2.24) is 5.32 Å². The maximum Gasteiger partial charge on any atom is 0.247 e. The second-order valence-corrected chi connectivity index (χ2v) is 7.89. The molecule has 0 spiro atoms. The highest BCUT2D eigenvalue weighted by Crippen LogP contribution is 2.25. The van der Waals surface area contributed by atoms with E-state index in [1.807, 2.05) is 0 Å². The van der Waals surface area contributed by atoms with Crippen molar-refractivity contribution in [3.05, 3.63) is 28.2 Å². The van der Waals surface area contributed by atoms with E-state index in [2.05, 4.69) is 10.6 Å². The first kappa shape index (κ1) is 18.7. The number of nitrogens with one attached hydrogen (secondary N) is 2. The molecule has 122 valence electrons. The third-order valence-corrected chi connectivity index (χ3v) is 4.20. The summed E-state index contributed by atoms with van der Waals surface area (Å²) in [6.45, 7) is 1.24. The molecule has 0 unspecified atom stereocenters. The number of hydrogen-bond acceptors (Lipinski definition) is 4. The lowest BCUT2D eigenvalue weighted by Gasteiger charge is -2.17. The Kier molecular flexibility index (Phi) is 6.65. The Hall–Kier alpha value is -1.31. The van der Waals surface area contributed by atoms with E-state index in [-0.39, 0.29) is 22.9 Å². The van der Waals surface area contributed by atoms with Gasteiger partial charge in [0.2, 0.25) is 11.8 Å². The minimum atomic E-state index is -3.25. The van der Waals surface area contributed by atoms with Crippen molar-refractivity contribution in [2.75, 3.05) is 17.3 Å². The molecule has 0 aliphatic carbocycles. The van der Waals surface area contributed by atoms with E-state index < -0.39 is 27.7 Å². The van der Waals surface area contributed by atoms with Crippen molar-refractivity contribution >= 4 is 50.5 Å². The molecule has 1 atom stereocenters. The summed E-state index contributed by atoms with van der Waals surface area (Å²) in [5.74, 6) is -1.23. The monoisotopic (exact) mass is 366 g/mol. The Labute approximate surface area is 139 Å². The number of benzene rings is 1. The molecule has 1 aromatic carbocycles. The summed E-state index contributed by atoms with van der Waals surface area (Å²) in [6.07, 6.45) is 1.02. The first-order chi connectivity index (χ1) is 10.1. The lowest BCUT2D eigenvalue weighted by molar-refractivity contribution is -0.125. The van der Waals surface area contributed by atoms with Crippen molar-refractivity contribution in [1.29, 1.82) is 0 Å². The number of carbonyl (C=O) groups excluding carboxylic acids is 2. The molecule has 0 radical (unpaired) electrons. The van der Waals surface area contributed by atoms with Gasteiger partial charge in [-0.3, -0.25) is 9.59 Å². The molecule has 0 saturated heterocycles. The Bertz CT molecular complexity index is 677. The molecule has 1 aromatic rings. The lowest BCUT2D eigenvalue weighted by atomic mass is 10.2. The SMILES string of the molecule is CC(=O)N[C@@H](CCS(C)(=O)=O)C(=O)Nc1cc(Cl)ccc1Cl. The van der Waals surface area contributed by atoms with Crippen LogP contribution in [0.5, 0.6) is 0 Å². The van der Waals surface area contributed by atoms with E-state index in [0.717, 1.165) is 6.26 Å². The molecule has 6 nitrogen and oxygen atoms in total. The largest absolute Gasteiger partial charge is 0.345 e. The van der Waals surface area contributed by atoms with Gasteiger partial charge in [0.15, 0.2) is 0 Å². The fourth-order valence-corrected chi connectivity index (χ4v) is 2.66. The van der Waals surface area contributed by atoms with Gasteiger partial charge in [0.25, 0.3) is 0 Å². The summed E-state index contributed by atoms with van der Waals surface area (Å²) in [4.78, 5) is 23.4. The molecule has 22 heavy (non-hydrogen) atoms. The second-order valence-electron chi connectivity index (χ2n) is 4.79. The third kappa shape index (κ3) is 6.64. The molecule has 0 aromatic heterocycles. The van der Waals surface area contributed by atoms with Crippen LogP contribution in [0.3, 0.4) is 0 Å². The van der Waals surface area contributed by atoms with Crippen molar-refractivity contribution < 1.29 is 18.0 Å². The first-order valence-corrected chi connectivity index (χ1v) is 9.11. The number of hydrogen-bond donors (Lipinski definition) is 2. The van der Waals surface area contributed by atoms with Gasteiger partial charge in [-0.05, 0) is 24.6 Å². The standard InChI is InChI=1S/C13H16Cl2N2O4S/c1-8(18)16-11(5-6-22(2,20)21)13(19)17-12-7-9(14)3-4-10(12)15/h3-4,7,11H,5-6H2,1-2H3,(H,16,18)(H,17,19)/t11-/m0/s1. The highest BCUT2D eigenvalue weighted by Gasteiger charge is 2.22. The van der Waals surface area contributed by atoms with Crippen molar-refractivity contribution in [2.24, 2.45) is 0 Å². The molecule has 0 fully saturated rings. The zero-order valence-corrected chi connectivity index (χ0v) is 14.3. The minimum absolute atomic E-state index is 0.0393. The summed E-state index contributed by atoms with van der Waals surface area (Å²) in [6, 6.07) is 3.56. The molecule has 9 heteroatoms. The highest BCUT2D eigenvalue weighted by atomic mass is 35.5. The van der Waals surface area contributed by atoms with E-state index in [0.29, 0.717) is 5.02 Å². The van der Waals surface area contributed by atoms with Crippen LogP contribution in [0.2, 0.25) is 10.0 Å². The summed E-state index contributed by atoms with van der Waals surface area (Å²) in [7, 11) is -3.25. The van der Waals surface area contributed by atoms with Gasteiger partial charge in [0.05, 0.1) is 16.5 Å². The smallest absolute Gasteiger partial charge is 0.247 e. The average molecular weight is 367 g/mol. The molecule has 0 aliphatic rings. The zero-order valence-electron chi connectivity index (χ0n) is 12.0. The summed E-state index contributed by atoms with van der Waals surface area (Å²) in [5.41, 5.74) is 0.286. The van der Waals surface area contributed by atoms with Crippen molar-refractivity contribution in [3.8, 4) is 0 Å². The maximum atomic E-state index is 12.2. The van der Waals surface area contributed by atoms with Crippen molar-refractivity contribution in [2.45, 2.75) is 19.4 Å². The van der Waals surface area contributed by atoms with Gasteiger partial charge < -0.3 is 10.6 Å². The molecule has 2 N–H and O–H groups in total. The molecule has 0 saturated carbocycles. The van der Waals surface area contributed by atoms with Crippen LogP contribution in [-0.4, -0.2) is 38.3 Å². The molecule has 1 rings (SSSR count). The van der Waals surface area contributed by atoms with Crippen LogP contribution in [0.4, 0.5) is 5.69 Å². The number of halogens is 2. The molecular weight excluding hydrogens is 351 g/mol.